The molecule has 0 spiro atoms. The lowest BCUT2D eigenvalue weighted by Gasteiger charge is -2.03. The van der Waals surface area contributed by atoms with Crippen LogP contribution in [0.2, 0.25) is 0 Å². The minimum absolute atomic E-state index is 0.336. The highest BCUT2D eigenvalue weighted by atomic mass is 16.5. The quantitative estimate of drug-likeness (QED) is 0.579. The number of ether oxygens (including phenoxy) is 1. The van der Waals surface area contributed by atoms with Crippen LogP contribution in [0.3, 0.4) is 0 Å². The predicted molar refractivity (Wildman–Crippen MR) is 70.1 cm³/mol. The van der Waals surface area contributed by atoms with Crippen LogP contribution in [0, 0.1) is 28.6 Å². The molecular weight excluding hydrogens is 240 g/mol. The maximum absolute atomic E-state index is 11.2. The van der Waals surface area contributed by atoms with Gasteiger partial charge in [-0.15, -0.1) is 0 Å². The molecule has 0 fully saturated rings. The van der Waals surface area contributed by atoms with Crippen LogP contribution in [-0.2, 0) is 11.2 Å². The third-order valence-corrected chi connectivity index (χ3v) is 2.89. The van der Waals surface area contributed by atoms with Gasteiger partial charge in [0, 0.05) is 0 Å². The first-order chi connectivity index (χ1) is 9.21. The summed E-state index contributed by atoms with van der Waals surface area (Å²) in [7, 11) is 1.36. The van der Waals surface area contributed by atoms with Gasteiger partial charge < -0.3 is 4.74 Å². The maximum atomic E-state index is 11.2. The van der Waals surface area contributed by atoms with Crippen molar-refractivity contribution in [3.63, 3.8) is 0 Å². The first-order valence-corrected chi connectivity index (χ1v) is 6.17. The number of methoxy groups -OCH3 is 1. The molecule has 0 aliphatic carbocycles. The monoisotopic (exact) mass is 256 g/mol. The molecule has 0 radical (unpaired) electrons. The van der Waals surface area contributed by atoms with E-state index in [1.165, 1.54) is 7.11 Å². The summed E-state index contributed by atoms with van der Waals surface area (Å²) in [5, 5.41) is 17.3. The molecule has 0 N–H and O–H groups in total. The number of nitriles is 2. The van der Waals surface area contributed by atoms with Crippen LogP contribution in [0.4, 0.5) is 0 Å². The van der Waals surface area contributed by atoms with Crippen LogP contribution in [0.25, 0.3) is 0 Å². The van der Waals surface area contributed by atoms with Gasteiger partial charge >= 0.3 is 5.97 Å². The van der Waals surface area contributed by atoms with Crippen molar-refractivity contribution in [1.29, 1.82) is 10.5 Å². The van der Waals surface area contributed by atoms with Gasteiger partial charge in [0.05, 0.1) is 24.8 Å². The summed E-state index contributed by atoms with van der Waals surface area (Å²) in [5.74, 6) is -0.834. The second-order valence-electron chi connectivity index (χ2n) is 4.25. The van der Waals surface area contributed by atoms with E-state index in [1.54, 1.807) is 12.1 Å². The Morgan fingerprint density at radius 1 is 1.21 bits per heavy atom. The summed E-state index contributed by atoms with van der Waals surface area (Å²) < 4.78 is 4.63. The average Bonchev–Trinajstić information content (AvgIpc) is 2.47. The van der Waals surface area contributed by atoms with Gasteiger partial charge in [-0.05, 0) is 37.0 Å². The summed E-state index contributed by atoms with van der Waals surface area (Å²) in [5.41, 5.74) is 1.68. The molecular formula is C15H16N2O2. The molecule has 0 bridgehead atoms. The zero-order chi connectivity index (χ0) is 14.1. The number of nitrogens with zero attached hydrogens (tertiary/aromatic N) is 2. The van der Waals surface area contributed by atoms with Gasteiger partial charge in [0.15, 0.2) is 0 Å². The molecule has 19 heavy (non-hydrogen) atoms. The van der Waals surface area contributed by atoms with Gasteiger partial charge in [-0.2, -0.15) is 10.5 Å². The fourth-order valence-electron chi connectivity index (χ4n) is 1.76. The number of esters is 1. The van der Waals surface area contributed by atoms with E-state index in [-0.39, 0.29) is 5.97 Å². The van der Waals surface area contributed by atoms with Crippen molar-refractivity contribution in [2.24, 2.45) is 5.92 Å². The van der Waals surface area contributed by atoms with Gasteiger partial charge in [-0.25, -0.2) is 4.79 Å². The molecule has 98 valence electrons. The van der Waals surface area contributed by atoms with Crippen LogP contribution >= 0.6 is 0 Å². The molecule has 0 aliphatic rings. The Bertz CT molecular complexity index is 480. The van der Waals surface area contributed by atoms with E-state index in [2.05, 4.69) is 4.74 Å². The van der Waals surface area contributed by atoms with Crippen molar-refractivity contribution in [2.75, 3.05) is 7.11 Å². The molecule has 1 aromatic carbocycles. The molecule has 0 atom stereocenters. The topological polar surface area (TPSA) is 73.9 Å². The zero-order valence-electron chi connectivity index (χ0n) is 10.9. The Balaban J connectivity index is 2.37. The highest BCUT2D eigenvalue weighted by Gasteiger charge is 2.06. The standard InChI is InChI=1S/C15H16N2O2/c1-19-15(18)14-8-6-12(7-9-14)4-2-3-5-13(10-16)11-17/h6-9,13H,2-5H2,1H3. The molecule has 0 saturated carbocycles. The van der Waals surface area contributed by atoms with E-state index < -0.39 is 5.92 Å². The molecule has 1 aromatic rings. The Morgan fingerprint density at radius 2 is 1.84 bits per heavy atom. The number of carbonyl (C=O) groups excluding carboxylic acids is 1. The fourth-order valence-corrected chi connectivity index (χ4v) is 1.76. The Labute approximate surface area is 113 Å². The summed E-state index contributed by atoms with van der Waals surface area (Å²) in [4.78, 5) is 11.2. The van der Waals surface area contributed by atoms with E-state index in [0.29, 0.717) is 12.0 Å². The van der Waals surface area contributed by atoms with Gasteiger partial charge in [-0.1, -0.05) is 18.6 Å². The van der Waals surface area contributed by atoms with Crippen molar-refractivity contribution in [3.8, 4) is 12.1 Å². The summed E-state index contributed by atoms with van der Waals surface area (Å²) in [6.45, 7) is 0. The minimum Gasteiger partial charge on any atom is -0.465 e. The second-order valence-corrected chi connectivity index (χ2v) is 4.25. The second kappa shape index (κ2) is 7.89. The minimum atomic E-state index is -0.498. The molecule has 0 heterocycles. The van der Waals surface area contributed by atoms with Crippen molar-refractivity contribution in [3.05, 3.63) is 35.4 Å². The number of benzene rings is 1. The fraction of sp³-hybridized carbons (Fsp3) is 0.400. The number of unbranched alkanes of at least 4 members (excludes halogenated alkanes) is 1. The normalized spacial score (nSPS) is 9.68. The lowest BCUT2D eigenvalue weighted by Crippen LogP contribution is -2.01. The molecule has 0 amide bonds. The molecule has 4 heteroatoms. The van der Waals surface area contributed by atoms with Crippen LogP contribution in [-0.4, -0.2) is 13.1 Å². The Kier molecular flexibility index (Phi) is 6.12. The van der Waals surface area contributed by atoms with Crippen molar-refractivity contribution in [1.82, 2.24) is 0 Å². The van der Waals surface area contributed by atoms with E-state index in [9.17, 15) is 4.79 Å². The average molecular weight is 256 g/mol. The van der Waals surface area contributed by atoms with Crippen LogP contribution in [0.15, 0.2) is 24.3 Å². The molecule has 0 aliphatic heterocycles. The molecule has 0 unspecified atom stereocenters. The SMILES string of the molecule is COC(=O)c1ccc(CCCCC(C#N)C#N)cc1. The van der Waals surface area contributed by atoms with Crippen molar-refractivity contribution < 1.29 is 9.53 Å². The number of aryl methyl sites for hydroxylation is 1. The number of rotatable bonds is 6. The first kappa shape index (κ1) is 14.7. The molecule has 1 rings (SSSR count). The van der Waals surface area contributed by atoms with Crippen LogP contribution in [0.5, 0.6) is 0 Å². The Morgan fingerprint density at radius 3 is 2.37 bits per heavy atom. The lowest BCUT2D eigenvalue weighted by molar-refractivity contribution is 0.0600. The Hall–Kier alpha value is -2.33. The highest BCUT2D eigenvalue weighted by Crippen LogP contribution is 2.12. The first-order valence-electron chi connectivity index (χ1n) is 6.17. The summed E-state index contributed by atoms with van der Waals surface area (Å²) in [6, 6.07) is 11.2. The third kappa shape index (κ3) is 4.81. The predicted octanol–water partition coefficient (Wildman–Crippen LogP) is 2.85. The van der Waals surface area contributed by atoms with Crippen molar-refractivity contribution >= 4 is 5.97 Å². The number of carbonyl (C=O) groups is 1. The van der Waals surface area contributed by atoms with Gasteiger partial charge in [0.25, 0.3) is 0 Å². The van der Waals surface area contributed by atoms with E-state index in [0.717, 1.165) is 24.8 Å². The van der Waals surface area contributed by atoms with Crippen molar-refractivity contribution in [2.45, 2.75) is 25.7 Å². The molecule has 0 saturated heterocycles. The number of hydrogen-bond donors (Lipinski definition) is 0. The van der Waals surface area contributed by atoms with E-state index in [4.69, 9.17) is 10.5 Å². The van der Waals surface area contributed by atoms with E-state index >= 15 is 0 Å². The lowest BCUT2D eigenvalue weighted by atomic mass is 10.0. The highest BCUT2D eigenvalue weighted by molar-refractivity contribution is 5.89. The molecule has 4 nitrogen and oxygen atoms in total. The van der Waals surface area contributed by atoms with E-state index in [1.807, 2.05) is 24.3 Å². The van der Waals surface area contributed by atoms with Crippen LogP contribution in [0.1, 0.15) is 35.2 Å². The molecule has 0 aromatic heterocycles. The van der Waals surface area contributed by atoms with Gasteiger partial charge in [-0.3, -0.25) is 0 Å². The van der Waals surface area contributed by atoms with Crippen LogP contribution < -0.4 is 0 Å². The summed E-state index contributed by atoms with van der Waals surface area (Å²) >= 11 is 0. The largest absolute Gasteiger partial charge is 0.465 e. The number of hydrogen-bond acceptors (Lipinski definition) is 4. The third-order valence-electron chi connectivity index (χ3n) is 2.89. The maximum Gasteiger partial charge on any atom is 0.337 e. The van der Waals surface area contributed by atoms with Gasteiger partial charge in [0.2, 0.25) is 0 Å². The smallest absolute Gasteiger partial charge is 0.337 e. The van der Waals surface area contributed by atoms with Gasteiger partial charge in [0.1, 0.15) is 5.92 Å². The zero-order valence-corrected chi connectivity index (χ0v) is 10.9. The summed E-state index contributed by atoms with van der Waals surface area (Å²) in [6.07, 6.45) is 3.28.